The van der Waals surface area contributed by atoms with Crippen LogP contribution in [-0.4, -0.2) is 22.1 Å². The van der Waals surface area contributed by atoms with Crippen LogP contribution in [0.25, 0.3) is 11.0 Å². The van der Waals surface area contributed by atoms with Crippen molar-refractivity contribution in [3.63, 3.8) is 0 Å². The van der Waals surface area contributed by atoms with Crippen molar-refractivity contribution in [2.24, 2.45) is 0 Å². The number of amides is 1. The summed E-state index contributed by atoms with van der Waals surface area (Å²) in [5.74, 6) is 1.21. The molecule has 124 valence electrons. The highest BCUT2D eigenvalue weighted by Gasteiger charge is 2.14. The Balaban J connectivity index is 1.83. The van der Waals surface area contributed by atoms with E-state index in [9.17, 15) is 4.79 Å². The van der Waals surface area contributed by atoms with Crippen LogP contribution in [0.1, 0.15) is 12.7 Å². The molecule has 0 fully saturated rings. The molecule has 6 heteroatoms. The summed E-state index contributed by atoms with van der Waals surface area (Å²) < 4.78 is 7.62. The molecule has 3 rings (SSSR count). The molecule has 0 aliphatic heterocycles. The van der Waals surface area contributed by atoms with Crippen molar-refractivity contribution in [3.05, 3.63) is 60.4 Å². The molecular formula is C18H19N3O3. The predicted octanol–water partition coefficient (Wildman–Crippen LogP) is 2.68. The van der Waals surface area contributed by atoms with Crippen molar-refractivity contribution in [1.29, 1.82) is 0 Å². The highest BCUT2D eigenvalue weighted by Crippen LogP contribution is 2.18. The molecule has 3 aromatic rings. The molecule has 0 bridgehead atoms. The zero-order valence-corrected chi connectivity index (χ0v) is 13.4. The molecule has 1 amide bonds. The molecule has 2 aromatic carbocycles. The Labute approximate surface area is 140 Å². The quantitative estimate of drug-likeness (QED) is 0.678. The number of rotatable bonds is 7. The summed E-state index contributed by atoms with van der Waals surface area (Å²) in [6.45, 7) is 2.63. The van der Waals surface area contributed by atoms with Crippen molar-refractivity contribution in [2.45, 2.75) is 20.1 Å². The molecular weight excluding hydrogens is 306 g/mol. The molecule has 0 radical (unpaired) electrons. The van der Waals surface area contributed by atoms with Crippen LogP contribution < -0.4 is 10.2 Å². The fourth-order valence-corrected chi connectivity index (χ4v) is 2.41. The van der Waals surface area contributed by atoms with E-state index in [2.05, 4.69) is 10.5 Å². The third kappa shape index (κ3) is 3.72. The van der Waals surface area contributed by atoms with Gasteiger partial charge in [-0.15, -0.1) is 0 Å². The molecule has 6 nitrogen and oxygen atoms in total. The highest BCUT2D eigenvalue weighted by atomic mass is 16.6. The zero-order valence-electron chi connectivity index (χ0n) is 13.4. The average molecular weight is 325 g/mol. The number of ether oxygens (including phenoxy) is 1. The molecule has 0 unspecified atom stereocenters. The Bertz CT molecular complexity index is 815. The lowest BCUT2D eigenvalue weighted by Crippen LogP contribution is -2.28. The molecule has 1 heterocycles. The van der Waals surface area contributed by atoms with Crippen LogP contribution in [0.2, 0.25) is 0 Å². The van der Waals surface area contributed by atoms with Crippen LogP contribution in [-0.2, 0) is 22.8 Å². The first-order chi connectivity index (χ1) is 11.8. The number of carbonyl (C=O) groups is 1. The topological polar surface area (TPSA) is 65.4 Å². The summed E-state index contributed by atoms with van der Waals surface area (Å²) in [7, 11) is 0. The first-order valence-corrected chi connectivity index (χ1v) is 7.80. The Morgan fingerprint density at radius 3 is 2.67 bits per heavy atom. The Kier molecular flexibility index (Phi) is 5.08. The SMILES string of the molecule is CCONC(=O)Cn1c(COc2ccccc2)nc2ccccc21. The van der Waals surface area contributed by atoms with Crippen LogP contribution in [0.5, 0.6) is 5.75 Å². The van der Waals surface area contributed by atoms with Crippen molar-refractivity contribution in [1.82, 2.24) is 15.0 Å². The van der Waals surface area contributed by atoms with Crippen molar-refractivity contribution in [2.75, 3.05) is 6.61 Å². The fourth-order valence-electron chi connectivity index (χ4n) is 2.41. The van der Waals surface area contributed by atoms with Crippen LogP contribution in [0.4, 0.5) is 0 Å². The number of imidazole rings is 1. The second kappa shape index (κ2) is 7.61. The number of nitrogens with one attached hydrogen (secondary N) is 1. The van der Waals surface area contributed by atoms with E-state index in [4.69, 9.17) is 9.57 Å². The molecule has 0 spiro atoms. The van der Waals surface area contributed by atoms with Crippen molar-refractivity contribution >= 4 is 16.9 Å². The van der Waals surface area contributed by atoms with E-state index in [1.54, 1.807) is 0 Å². The van der Waals surface area contributed by atoms with Gasteiger partial charge in [-0.2, -0.15) is 0 Å². The van der Waals surface area contributed by atoms with E-state index in [0.717, 1.165) is 16.8 Å². The van der Waals surface area contributed by atoms with E-state index in [1.165, 1.54) is 0 Å². The van der Waals surface area contributed by atoms with Crippen molar-refractivity contribution in [3.8, 4) is 5.75 Å². The van der Waals surface area contributed by atoms with Crippen LogP contribution in [0.3, 0.4) is 0 Å². The van der Waals surface area contributed by atoms with Gasteiger partial charge in [0.2, 0.25) is 0 Å². The maximum absolute atomic E-state index is 12.0. The van der Waals surface area contributed by atoms with Gasteiger partial charge in [0.25, 0.3) is 5.91 Å². The van der Waals surface area contributed by atoms with Gasteiger partial charge in [-0.1, -0.05) is 30.3 Å². The number of para-hydroxylation sites is 3. The van der Waals surface area contributed by atoms with Gasteiger partial charge < -0.3 is 9.30 Å². The smallest absolute Gasteiger partial charge is 0.263 e. The highest BCUT2D eigenvalue weighted by molar-refractivity contribution is 5.80. The molecule has 0 aliphatic rings. The summed E-state index contributed by atoms with van der Waals surface area (Å²) in [5, 5.41) is 0. The number of aromatic nitrogens is 2. The van der Waals surface area contributed by atoms with Gasteiger partial charge in [-0.05, 0) is 31.2 Å². The number of benzene rings is 2. The first-order valence-electron chi connectivity index (χ1n) is 7.80. The van der Waals surface area contributed by atoms with E-state index < -0.39 is 0 Å². The van der Waals surface area contributed by atoms with Crippen LogP contribution in [0.15, 0.2) is 54.6 Å². The molecule has 24 heavy (non-hydrogen) atoms. The third-order valence-corrected chi connectivity index (χ3v) is 3.48. The van der Waals surface area contributed by atoms with Crippen LogP contribution in [0, 0.1) is 0 Å². The maximum Gasteiger partial charge on any atom is 0.263 e. The minimum absolute atomic E-state index is 0.119. The van der Waals surface area contributed by atoms with Gasteiger partial charge in [0, 0.05) is 0 Å². The zero-order chi connectivity index (χ0) is 16.8. The summed E-state index contributed by atoms with van der Waals surface area (Å²) in [5.41, 5.74) is 4.12. The van der Waals surface area contributed by atoms with Gasteiger partial charge in [-0.3, -0.25) is 9.63 Å². The molecule has 1 aromatic heterocycles. The largest absolute Gasteiger partial charge is 0.486 e. The lowest BCUT2D eigenvalue weighted by atomic mass is 10.3. The number of nitrogens with zero attached hydrogens (tertiary/aromatic N) is 2. The molecule has 1 N–H and O–H groups in total. The maximum atomic E-state index is 12.0. The molecule has 0 saturated heterocycles. The predicted molar refractivity (Wildman–Crippen MR) is 90.3 cm³/mol. The van der Waals surface area contributed by atoms with E-state index in [0.29, 0.717) is 12.4 Å². The molecule has 0 saturated carbocycles. The number of hydrogen-bond donors (Lipinski definition) is 1. The van der Waals surface area contributed by atoms with E-state index in [1.807, 2.05) is 66.1 Å². The number of fused-ring (bicyclic) bond motifs is 1. The lowest BCUT2D eigenvalue weighted by molar-refractivity contribution is -0.133. The van der Waals surface area contributed by atoms with Gasteiger partial charge in [0.1, 0.15) is 24.7 Å². The molecule has 0 atom stereocenters. The standard InChI is InChI=1S/C18H19N3O3/c1-2-24-20-18(22)12-21-16-11-7-6-10-15(16)19-17(21)13-23-14-8-4-3-5-9-14/h3-11H,2,12-13H2,1H3,(H,20,22). The Morgan fingerprint density at radius 2 is 1.88 bits per heavy atom. The van der Waals surface area contributed by atoms with Gasteiger partial charge in [0.15, 0.2) is 0 Å². The summed E-state index contributed by atoms with van der Waals surface area (Å²) in [6, 6.07) is 17.2. The summed E-state index contributed by atoms with van der Waals surface area (Å²) in [6.07, 6.45) is 0. The first kappa shape index (κ1) is 16.0. The monoisotopic (exact) mass is 325 g/mol. The Hall–Kier alpha value is -2.86. The minimum Gasteiger partial charge on any atom is -0.486 e. The number of hydroxylamine groups is 1. The van der Waals surface area contributed by atoms with Crippen LogP contribution >= 0.6 is 0 Å². The lowest BCUT2D eigenvalue weighted by Gasteiger charge is -2.10. The van der Waals surface area contributed by atoms with Gasteiger partial charge in [-0.25, -0.2) is 10.5 Å². The number of carbonyl (C=O) groups excluding carboxylic acids is 1. The third-order valence-electron chi connectivity index (χ3n) is 3.48. The van der Waals surface area contributed by atoms with Gasteiger partial charge >= 0.3 is 0 Å². The Morgan fingerprint density at radius 1 is 1.12 bits per heavy atom. The normalized spacial score (nSPS) is 10.7. The van der Waals surface area contributed by atoms with E-state index in [-0.39, 0.29) is 19.1 Å². The summed E-state index contributed by atoms with van der Waals surface area (Å²) in [4.78, 5) is 21.6. The summed E-state index contributed by atoms with van der Waals surface area (Å²) >= 11 is 0. The molecule has 0 aliphatic carbocycles. The average Bonchev–Trinajstić information content (AvgIpc) is 2.97. The second-order valence-corrected chi connectivity index (χ2v) is 5.16. The van der Waals surface area contributed by atoms with Crippen molar-refractivity contribution < 1.29 is 14.4 Å². The van der Waals surface area contributed by atoms with E-state index >= 15 is 0 Å². The second-order valence-electron chi connectivity index (χ2n) is 5.16. The minimum atomic E-state index is -0.235. The van der Waals surface area contributed by atoms with Gasteiger partial charge in [0.05, 0.1) is 17.6 Å². The fraction of sp³-hybridized carbons (Fsp3) is 0.222. The number of hydrogen-bond acceptors (Lipinski definition) is 4.